The molecule has 0 aromatic rings. The van der Waals surface area contributed by atoms with Gasteiger partial charge in [0.15, 0.2) is 0 Å². The maximum atomic E-state index is 4.11. The zero-order chi connectivity index (χ0) is 10.6. The van der Waals surface area contributed by atoms with E-state index < -0.39 is 0 Å². The van der Waals surface area contributed by atoms with Crippen LogP contribution in [0.2, 0.25) is 0 Å². The average Bonchev–Trinajstić information content (AvgIpc) is 2.15. The number of likely N-dealkylation sites (N-methyl/N-ethyl adjacent to an activating group) is 1. The van der Waals surface area contributed by atoms with E-state index in [1.165, 1.54) is 0 Å². The molecule has 0 aromatic heterocycles. The minimum absolute atomic E-state index is 0.883. The lowest BCUT2D eigenvalue weighted by molar-refractivity contribution is 0.400. The lowest BCUT2D eigenvalue weighted by Crippen LogP contribution is -2.33. The van der Waals surface area contributed by atoms with E-state index >= 15 is 0 Å². The van der Waals surface area contributed by atoms with Crippen molar-refractivity contribution >= 4 is 6.21 Å². The second-order valence-corrected chi connectivity index (χ2v) is 3.47. The number of aliphatic imine (C=N–C) groups is 1. The van der Waals surface area contributed by atoms with Crippen LogP contribution in [0.5, 0.6) is 0 Å². The Bertz CT molecular complexity index is 134. The van der Waals surface area contributed by atoms with Crippen LogP contribution in [-0.4, -0.2) is 64.5 Å². The van der Waals surface area contributed by atoms with Crippen molar-refractivity contribution in [3.63, 3.8) is 0 Å². The van der Waals surface area contributed by atoms with Gasteiger partial charge in [0.2, 0.25) is 0 Å². The van der Waals surface area contributed by atoms with E-state index in [0.29, 0.717) is 0 Å². The molecule has 0 aliphatic heterocycles. The van der Waals surface area contributed by atoms with E-state index in [9.17, 15) is 0 Å². The molecule has 0 bridgehead atoms. The minimum Gasteiger partial charge on any atom is -0.314 e. The van der Waals surface area contributed by atoms with Gasteiger partial charge in [-0.25, -0.2) is 0 Å². The average molecular weight is 200 g/mol. The summed E-state index contributed by atoms with van der Waals surface area (Å²) in [6.45, 7) is 8.01. The molecule has 2 N–H and O–H groups in total. The second-order valence-electron chi connectivity index (χ2n) is 3.47. The Labute approximate surface area is 87.8 Å². The van der Waals surface area contributed by atoms with Gasteiger partial charge in [0.05, 0.1) is 6.54 Å². The number of hydrogen-bond donors (Lipinski definition) is 2. The molecule has 0 heterocycles. The summed E-state index contributed by atoms with van der Waals surface area (Å²) in [5, 5.41) is 6.68. The Hall–Kier alpha value is -0.450. The smallest absolute Gasteiger partial charge is 0.0510 e. The Morgan fingerprint density at radius 1 is 1.07 bits per heavy atom. The molecule has 0 rings (SSSR count). The van der Waals surface area contributed by atoms with Crippen molar-refractivity contribution in [2.75, 3.05) is 53.4 Å². The van der Waals surface area contributed by atoms with E-state index in [1.807, 2.05) is 13.1 Å². The predicted molar refractivity (Wildman–Crippen MR) is 63.3 cm³/mol. The normalized spacial score (nSPS) is 11.7. The zero-order valence-corrected chi connectivity index (χ0v) is 9.71. The van der Waals surface area contributed by atoms with Gasteiger partial charge in [0.1, 0.15) is 0 Å². The van der Waals surface area contributed by atoms with Crippen molar-refractivity contribution in [3.8, 4) is 0 Å². The van der Waals surface area contributed by atoms with E-state index in [1.54, 1.807) is 0 Å². The van der Waals surface area contributed by atoms with Crippen molar-refractivity contribution in [3.05, 3.63) is 0 Å². The van der Waals surface area contributed by atoms with Crippen LogP contribution in [0.15, 0.2) is 4.99 Å². The minimum atomic E-state index is 0.883. The molecule has 0 fully saturated rings. The quantitative estimate of drug-likeness (QED) is 0.400. The molecule has 14 heavy (non-hydrogen) atoms. The summed E-state index contributed by atoms with van der Waals surface area (Å²) in [7, 11) is 4.17. The van der Waals surface area contributed by atoms with Gasteiger partial charge in [-0.05, 0) is 27.2 Å². The van der Waals surface area contributed by atoms with Gasteiger partial charge < -0.3 is 15.5 Å². The molecule has 0 saturated carbocycles. The molecule has 4 nitrogen and oxygen atoms in total. The SMILES string of the molecule is CC=NCCNCCNCCN(C)C. The third-order valence-corrected chi connectivity index (χ3v) is 1.81. The first-order chi connectivity index (χ1) is 6.77. The third kappa shape index (κ3) is 11.6. The van der Waals surface area contributed by atoms with Crippen molar-refractivity contribution < 1.29 is 0 Å². The zero-order valence-electron chi connectivity index (χ0n) is 9.71. The molecule has 0 aliphatic carbocycles. The fourth-order valence-electron chi connectivity index (χ4n) is 1.00. The highest BCUT2D eigenvalue weighted by molar-refractivity contribution is 5.53. The summed E-state index contributed by atoms with van der Waals surface area (Å²) in [6.07, 6.45) is 1.84. The van der Waals surface area contributed by atoms with Crippen LogP contribution in [0.3, 0.4) is 0 Å². The summed E-state index contributed by atoms with van der Waals surface area (Å²) < 4.78 is 0. The number of nitrogens with zero attached hydrogens (tertiary/aromatic N) is 2. The second kappa shape index (κ2) is 10.6. The first kappa shape index (κ1) is 13.5. The molecular formula is C10H24N4. The lowest BCUT2D eigenvalue weighted by Gasteiger charge is -2.10. The monoisotopic (exact) mass is 200 g/mol. The maximum Gasteiger partial charge on any atom is 0.0510 e. The molecule has 84 valence electrons. The standard InChI is InChI=1S/C10H24N4/c1-4-11-5-6-12-7-8-13-9-10-14(2)3/h4,12-13H,5-10H2,1-3H3. The van der Waals surface area contributed by atoms with Gasteiger partial charge in [-0.3, -0.25) is 4.99 Å². The summed E-state index contributed by atoms with van der Waals surface area (Å²) in [4.78, 5) is 6.29. The van der Waals surface area contributed by atoms with E-state index in [4.69, 9.17) is 0 Å². The van der Waals surface area contributed by atoms with Crippen LogP contribution in [0.1, 0.15) is 6.92 Å². The van der Waals surface area contributed by atoms with Gasteiger partial charge in [0, 0.05) is 32.7 Å². The van der Waals surface area contributed by atoms with Crippen LogP contribution >= 0.6 is 0 Å². The molecule has 0 saturated heterocycles. The highest BCUT2D eigenvalue weighted by Crippen LogP contribution is 1.70. The summed E-state index contributed by atoms with van der Waals surface area (Å²) >= 11 is 0. The summed E-state index contributed by atoms with van der Waals surface area (Å²) in [5.41, 5.74) is 0. The summed E-state index contributed by atoms with van der Waals surface area (Å²) in [5.74, 6) is 0. The Balaban J connectivity index is 2.92. The summed E-state index contributed by atoms with van der Waals surface area (Å²) in [6, 6.07) is 0. The van der Waals surface area contributed by atoms with Crippen molar-refractivity contribution in [1.82, 2.24) is 15.5 Å². The van der Waals surface area contributed by atoms with Crippen molar-refractivity contribution in [2.24, 2.45) is 4.99 Å². The van der Waals surface area contributed by atoms with Gasteiger partial charge in [-0.15, -0.1) is 0 Å². The van der Waals surface area contributed by atoms with Crippen LogP contribution in [-0.2, 0) is 0 Å². The largest absolute Gasteiger partial charge is 0.314 e. The van der Waals surface area contributed by atoms with E-state index in [-0.39, 0.29) is 0 Å². The Kier molecular flexibility index (Phi) is 10.3. The van der Waals surface area contributed by atoms with E-state index in [0.717, 1.165) is 39.3 Å². The molecule has 0 amide bonds. The molecule has 0 aromatic carbocycles. The van der Waals surface area contributed by atoms with Crippen LogP contribution in [0.25, 0.3) is 0 Å². The molecule has 4 heteroatoms. The first-order valence-corrected chi connectivity index (χ1v) is 5.28. The fourth-order valence-corrected chi connectivity index (χ4v) is 1.00. The molecule has 0 spiro atoms. The van der Waals surface area contributed by atoms with Crippen molar-refractivity contribution in [2.45, 2.75) is 6.92 Å². The molecule has 0 atom stereocenters. The molecule has 0 aliphatic rings. The Morgan fingerprint density at radius 2 is 1.71 bits per heavy atom. The highest BCUT2D eigenvalue weighted by Gasteiger charge is 1.89. The molecular weight excluding hydrogens is 176 g/mol. The number of hydrogen-bond acceptors (Lipinski definition) is 4. The van der Waals surface area contributed by atoms with Gasteiger partial charge in [-0.2, -0.15) is 0 Å². The van der Waals surface area contributed by atoms with Gasteiger partial charge in [0.25, 0.3) is 0 Å². The van der Waals surface area contributed by atoms with Crippen molar-refractivity contribution in [1.29, 1.82) is 0 Å². The first-order valence-electron chi connectivity index (χ1n) is 5.28. The van der Waals surface area contributed by atoms with Gasteiger partial charge in [-0.1, -0.05) is 0 Å². The fraction of sp³-hybridized carbons (Fsp3) is 0.900. The maximum absolute atomic E-state index is 4.11. The Morgan fingerprint density at radius 3 is 2.29 bits per heavy atom. The molecule has 0 radical (unpaired) electrons. The van der Waals surface area contributed by atoms with Crippen LogP contribution < -0.4 is 10.6 Å². The molecule has 0 unspecified atom stereocenters. The number of nitrogens with one attached hydrogen (secondary N) is 2. The van der Waals surface area contributed by atoms with Gasteiger partial charge >= 0.3 is 0 Å². The highest BCUT2D eigenvalue weighted by atomic mass is 15.1. The number of rotatable bonds is 9. The predicted octanol–water partition coefficient (Wildman–Crippen LogP) is -0.182. The van der Waals surface area contributed by atoms with Crippen LogP contribution in [0.4, 0.5) is 0 Å². The lowest BCUT2D eigenvalue weighted by atomic mass is 10.5. The van der Waals surface area contributed by atoms with E-state index in [2.05, 4.69) is 34.6 Å². The topological polar surface area (TPSA) is 39.7 Å². The van der Waals surface area contributed by atoms with Crippen LogP contribution in [0, 0.1) is 0 Å². The third-order valence-electron chi connectivity index (χ3n) is 1.81.